The molecule has 1 aromatic rings. The van der Waals surface area contributed by atoms with E-state index in [9.17, 15) is 14.1 Å². The number of amides is 1. The molecule has 0 saturated heterocycles. The minimum Gasteiger partial charge on any atom is -0.389 e. The number of aliphatic hydroxyl groups is 1. The summed E-state index contributed by atoms with van der Waals surface area (Å²) in [6, 6.07) is 5.62. The van der Waals surface area contributed by atoms with Gasteiger partial charge in [-0.05, 0) is 37.0 Å². The molecule has 1 unspecified atom stereocenters. The zero-order valence-corrected chi connectivity index (χ0v) is 15.5. The first-order valence-electron chi connectivity index (χ1n) is 8.22. The molecule has 1 rings (SSSR count). The first kappa shape index (κ1) is 19.8. The molecule has 4 nitrogen and oxygen atoms in total. The summed E-state index contributed by atoms with van der Waals surface area (Å²) in [5.74, 6) is 0.304. The molecule has 0 radical (unpaired) electrons. The van der Waals surface area contributed by atoms with E-state index in [1.165, 1.54) is 0 Å². The molecule has 0 aliphatic carbocycles. The number of hydrogen-bond donors (Lipinski definition) is 2. The molecular weight excluding hydrogens is 310 g/mol. The third-order valence-corrected chi connectivity index (χ3v) is 4.72. The van der Waals surface area contributed by atoms with Gasteiger partial charge in [-0.1, -0.05) is 38.8 Å². The predicted octanol–water partition coefficient (Wildman–Crippen LogP) is 3.53. The summed E-state index contributed by atoms with van der Waals surface area (Å²) in [4.78, 5) is 12.3. The van der Waals surface area contributed by atoms with Gasteiger partial charge in [0.2, 0.25) is 5.91 Å². The molecule has 1 aromatic carbocycles. The molecule has 2 N–H and O–H groups in total. The van der Waals surface area contributed by atoms with Crippen LogP contribution in [0.25, 0.3) is 0 Å². The van der Waals surface area contributed by atoms with Gasteiger partial charge in [0.15, 0.2) is 0 Å². The number of carbonyl (C=O) groups is 1. The summed E-state index contributed by atoms with van der Waals surface area (Å²) < 4.78 is 11.4. The van der Waals surface area contributed by atoms with Crippen LogP contribution in [0, 0.1) is 6.92 Å². The fourth-order valence-electron chi connectivity index (χ4n) is 2.92. The molecule has 0 heterocycles. The van der Waals surface area contributed by atoms with Crippen molar-refractivity contribution in [1.82, 2.24) is 0 Å². The van der Waals surface area contributed by atoms with Gasteiger partial charge in [0.25, 0.3) is 0 Å². The lowest BCUT2D eigenvalue weighted by atomic mass is 9.89. The lowest BCUT2D eigenvalue weighted by Crippen LogP contribution is -2.34. The molecule has 0 fully saturated rings. The molecule has 0 bridgehead atoms. The zero-order valence-electron chi connectivity index (χ0n) is 14.6. The van der Waals surface area contributed by atoms with Crippen molar-refractivity contribution in [3.05, 3.63) is 29.3 Å². The molecule has 130 valence electrons. The van der Waals surface area contributed by atoms with Crippen LogP contribution in [-0.2, 0) is 21.3 Å². The van der Waals surface area contributed by atoms with Crippen molar-refractivity contribution in [2.45, 2.75) is 64.2 Å². The smallest absolute Gasteiger partial charge is 0.227 e. The second-order valence-corrected chi connectivity index (χ2v) is 7.69. The summed E-state index contributed by atoms with van der Waals surface area (Å²) >= 11 is 0. The number of hydrogen-bond acceptors (Lipinski definition) is 3. The molecule has 0 aliphatic rings. The van der Waals surface area contributed by atoms with Crippen molar-refractivity contribution < 1.29 is 14.1 Å². The highest BCUT2D eigenvalue weighted by atomic mass is 32.2. The minimum atomic E-state index is -0.927. The van der Waals surface area contributed by atoms with Gasteiger partial charge >= 0.3 is 0 Å². The van der Waals surface area contributed by atoms with Crippen LogP contribution >= 0.6 is 0 Å². The van der Waals surface area contributed by atoms with Gasteiger partial charge in [-0.3, -0.25) is 9.00 Å². The molecule has 1 atom stereocenters. The van der Waals surface area contributed by atoms with Crippen molar-refractivity contribution >= 4 is 22.4 Å². The number of carbonyl (C=O) groups excluding carboxylic acids is 1. The summed E-state index contributed by atoms with van der Waals surface area (Å²) in [6.07, 6.45) is 4.73. The Balaban J connectivity index is 2.82. The quantitative estimate of drug-likeness (QED) is 0.723. The van der Waals surface area contributed by atoms with Crippen molar-refractivity contribution in [2.75, 3.05) is 11.6 Å². The van der Waals surface area contributed by atoms with E-state index in [0.717, 1.165) is 29.7 Å². The van der Waals surface area contributed by atoms with Crippen molar-refractivity contribution in [3.8, 4) is 0 Å². The fourth-order valence-corrected chi connectivity index (χ4v) is 3.67. The van der Waals surface area contributed by atoms with Gasteiger partial charge in [-0.2, -0.15) is 0 Å². The molecule has 0 aliphatic heterocycles. The maximum Gasteiger partial charge on any atom is 0.227 e. The Hall–Kier alpha value is -1.20. The topological polar surface area (TPSA) is 66.4 Å². The summed E-state index contributed by atoms with van der Waals surface area (Å²) in [6.45, 7) is 5.94. The number of benzene rings is 1. The SMILES string of the molecule is CCCC(O)(CCC)CC(=O)Nc1cccc(CS(C)=O)c1C. The van der Waals surface area contributed by atoms with Gasteiger partial charge in [-0.15, -0.1) is 0 Å². The van der Waals surface area contributed by atoms with Crippen molar-refractivity contribution in [1.29, 1.82) is 0 Å². The first-order chi connectivity index (χ1) is 10.8. The molecular formula is C18H29NO3S. The van der Waals surface area contributed by atoms with Crippen LogP contribution in [0.2, 0.25) is 0 Å². The van der Waals surface area contributed by atoms with E-state index in [2.05, 4.69) is 5.32 Å². The fraction of sp³-hybridized carbons (Fsp3) is 0.611. The Kier molecular flexibility index (Phi) is 7.92. The Morgan fingerprint density at radius 3 is 2.39 bits per heavy atom. The minimum absolute atomic E-state index is 0.109. The van der Waals surface area contributed by atoms with Crippen LogP contribution in [-0.4, -0.2) is 27.1 Å². The van der Waals surface area contributed by atoms with Crippen LogP contribution in [0.15, 0.2) is 18.2 Å². The van der Waals surface area contributed by atoms with Crippen LogP contribution in [0.4, 0.5) is 5.69 Å². The standard InChI is InChI=1S/C18H29NO3S/c1-5-10-18(21,11-6-2)12-17(20)19-16-9-7-8-15(14(16)3)13-23(4)22/h7-9,21H,5-6,10-13H2,1-4H3,(H,19,20). The highest BCUT2D eigenvalue weighted by molar-refractivity contribution is 7.83. The van der Waals surface area contributed by atoms with Crippen molar-refractivity contribution in [2.24, 2.45) is 0 Å². The number of anilines is 1. The van der Waals surface area contributed by atoms with Crippen molar-refractivity contribution in [3.63, 3.8) is 0 Å². The average Bonchev–Trinajstić information content (AvgIpc) is 2.43. The van der Waals surface area contributed by atoms with Gasteiger partial charge in [-0.25, -0.2) is 0 Å². The van der Waals surface area contributed by atoms with E-state index in [1.54, 1.807) is 6.26 Å². The maximum atomic E-state index is 12.3. The normalized spacial score (nSPS) is 12.9. The molecule has 0 aromatic heterocycles. The third kappa shape index (κ3) is 6.43. The Labute approximate surface area is 142 Å². The highest BCUT2D eigenvalue weighted by Gasteiger charge is 2.28. The van der Waals surface area contributed by atoms with Gasteiger partial charge in [0, 0.05) is 28.5 Å². The maximum absolute atomic E-state index is 12.3. The first-order valence-corrected chi connectivity index (χ1v) is 9.94. The Morgan fingerprint density at radius 2 is 1.87 bits per heavy atom. The van der Waals surface area contributed by atoms with E-state index in [1.807, 2.05) is 39.0 Å². The van der Waals surface area contributed by atoms with Gasteiger partial charge in [0.05, 0.1) is 12.0 Å². The molecule has 1 amide bonds. The second-order valence-electron chi connectivity index (χ2n) is 6.26. The van der Waals surface area contributed by atoms with Crippen LogP contribution in [0.3, 0.4) is 0 Å². The van der Waals surface area contributed by atoms with E-state index in [4.69, 9.17) is 0 Å². The lowest BCUT2D eigenvalue weighted by Gasteiger charge is -2.27. The van der Waals surface area contributed by atoms with E-state index < -0.39 is 16.4 Å². The number of nitrogens with one attached hydrogen (secondary N) is 1. The van der Waals surface area contributed by atoms with Crippen LogP contribution in [0.1, 0.15) is 57.1 Å². The summed E-state index contributed by atoms with van der Waals surface area (Å²) in [5.41, 5.74) is 1.71. The average molecular weight is 340 g/mol. The molecule has 0 spiro atoms. The monoisotopic (exact) mass is 339 g/mol. The van der Waals surface area contributed by atoms with E-state index >= 15 is 0 Å². The Bertz CT molecular complexity index is 551. The van der Waals surface area contributed by atoms with Gasteiger partial charge in [0.1, 0.15) is 0 Å². The number of rotatable bonds is 9. The van der Waals surface area contributed by atoms with Crippen LogP contribution < -0.4 is 5.32 Å². The van der Waals surface area contributed by atoms with E-state index in [0.29, 0.717) is 18.6 Å². The highest BCUT2D eigenvalue weighted by Crippen LogP contribution is 2.25. The second kappa shape index (κ2) is 9.18. The van der Waals surface area contributed by atoms with E-state index in [-0.39, 0.29) is 12.3 Å². The van der Waals surface area contributed by atoms with Gasteiger partial charge < -0.3 is 10.4 Å². The summed E-state index contributed by atoms with van der Waals surface area (Å²) in [7, 11) is -0.922. The third-order valence-electron chi connectivity index (χ3n) is 4.00. The molecule has 0 saturated carbocycles. The Morgan fingerprint density at radius 1 is 1.26 bits per heavy atom. The summed E-state index contributed by atoms with van der Waals surface area (Å²) in [5, 5.41) is 13.5. The largest absolute Gasteiger partial charge is 0.389 e. The lowest BCUT2D eigenvalue weighted by molar-refractivity contribution is -0.121. The molecule has 5 heteroatoms. The van der Waals surface area contributed by atoms with Crippen LogP contribution in [0.5, 0.6) is 0 Å². The predicted molar refractivity (Wildman–Crippen MR) is 97.0 cm³/mol. The molecule has 23 heavy (non-hydrogen) atoms. The zero-order chi connectivity index (χ0) is 17.5.